The highest BCUT2D eigenvalue weighted by Crippen LogP contribution is 2.08. The number of nitrogens with one attached hydrogen (secondary N) is 1. The molecule has 2 saturated heterocycles. The minimum atomic E-state index is -0.164. The molecule has 3 amide bonds. The SMILES string of the molecule is O=C(/C=C\CCOCOCCN1CCCC1=O)NCCN1CCCC1=O.[HH]. The predicted molar refractivity (Wildman–Crippen MR) is 97.3 cm³/mol. The molecule has 0 aromatic carbocycles. The molecule has 8 nitrogen and oxygen atoms in total. The molecule has 0 bridgehead atoms. The van der Waals surface area contributed by atoms with Crippen molar-refractivity contribution in [3.63, 3.8) is 0 Å². The van der Waals surface area contributed by atoms with Crippen LogP contribution in [0, 0.1) is 0 Å². The van der Waals surface area contributed by atoms with E-state index in [4.69, 9.17) is 9.47 Å². The molecule has 26 heavy (non-hydrogen) atoms. The van der Waals surface area contributed by atoms with Crippen LogP contribution in [0.2, 0.25) is 0 Å². The lowest BCUT2D eigenvalue weighted by molar-refractivity contribution is -0.129. The first kappa shape index (κ1) is 20.4. The average molecular weight is 369 g/mol. The van der Waals surface area contributed by atoms with Crippen LogP contribution in [0.25, 0.3) is 0 Å². The van der Waals surface area contributed by atoms with Crippen molar-refractivity contribution in [3.8, 4) is 0 Å². The summed E-state index contributed by atoms with van der Waals surface area (Å²) in [6.45, 7) is 4.40. The molecule has 2 aliphatic heterocycles. The van der Waals surface area contributed by atoms with Gasteiger partial charge in [0.25, 0.3) is 0 Å². The Morgan fingerprint density at radius 2 is 1.69 bits per heavy atom. The Morgan fingerprint density at radius 1 is 1.04 bits per heavy atom. The van der Waals surface area contributed by atoms with Gasteiger partial charge in [0.1, 0.15) is 6.79 Å². The van der Waals surface area contributed by atoms with Crippen molar-refractivity contribution in [2.75, 3.05) is 52.7 Å². The molecular formula is C18H31N3O5. The molecule has 0 unspecified atom stereocenters. The second kappa shape index (κ2) is 11.6. The van der Waals surface area contributed by atoms with Crippen LogP contribution in [0.1, 0.15) is 33.5 Å². The monoisotopic (exact) mass is 369 g/mol. The molecule has 0 aromatic rings. The Hall–Kier alpha value is -1.93. The summed E-state index contributed by atoms with van der Waals surface area (Å²) in [6, 6.07) is 0. The first-order chi connectivity index (χ1) is 12.7. The predicted octanol–water partition coefficient (Wildman–Crippen LogP) is 0.530. The summed E-state index contributed by atoms with van der Waals surface area (Å²) < 4.78 is 10.6. The zero-order chi connectivity index (χ0) is 18.6. The third kappa shape index (κ3) is 7.53. The maximum Gasteiger partial charge on any atom is 0.243 e. The minimum absolute atomic E-state index is 0. The van der Waals surface area contributed by atoms with Crippen LogP contribution in [-0.2, 0) is 23.9 Å². The van der Waals surface area contributed by atoms with Crippen LogP contribution < -0.4 is 5.32 Å². The number of likely N-dealkylation sites (tertiary alicyclic amines) is 2. The lowest BCUT2D eigenvalue weighted by atomic mass is 10.4. The third-order valence-corrected chi connectivity index (χ3v) is 4.39. The fraction of sp³-hybridized carbons (Fsp3) is 0.722. The molecule has 2 rings (SSSR count). The first-order valence-electron chi connectivity index (χ1n) is 9.32. The molecule has 0 radical (unpaired) electrons. The molecule has 0 aromatic heterocycles. The largest absolute Gasteiger partial charge is 0.355 e. The van der Waals surface area contributed by atoms with E-state index in [2.05, 4.69) is 5.32 Å². The van der Waals surface area contributed by atoms with Gasteiger partial charge in [-0.2, -0.15) is 0 Å². The van der Waals surface area contributed by atoms with Crippen molar-refractivity contribution < 1.29 is 25.3 Å². The van der Waals surface area contributed by atoms with Gasteiger partial charge in [-0.3, -0.25) is 14.4 Å². The zero-order valence-electron chi connectivity index (χ0n) is 15.3. The smallest absolute Gasteiger partial charge is 0.243 e. The van der Waals surface area contributed by atoms with Crippen LogP contribution in [0.4, 0.5) is 0 Å². The number of amides is 3. The van der Waals surface area contributed by atoms with Crippen molar-refractivity contribution in [3.05, 3.63) is 12.2 Å². The van der Waals surface area contributed by atoms with Crippen LogP contribution in [0.15, 0.2) is 12.2 Å². The van der Waals surface area contributed by atoms with Crippen LogP contribution >= 0.6 is 0 Å². The van der Waals surface area contributed by atoms with E-state index in [1.807, 2.05) is 0 Å². The topological polar surface area (TPSA) is 88.2 Å². The van der Waals surface area contributed by atoms with Crippen LogP contribution in [0.5, 0.6) is 0 Å². The molecule has 148 valence electrons. The van der Waals surface area contributed by atoms with Gasteiger partial charge in [0.2, 0.25) is 17.7 Å². The van der Waals surface area contributed by atoms with E-state index in [-0.39, 0.29) is 25.9 Å². The van der Waals surface area contributed by atoms with Crippen molar-refractivity contribution in [1.82, 2.24) is 15.1 Å². The van der Waals surface area contributed by atoms with E-state index in [1.54, 1.807) is 15.9 Å². The Labute approximate surface area is 156 Å². The average Bonchev–Trinajstić information content (AvgIpc) is 3.22. The third-order valence-electron chi connectivity index (χ3n) is 4.39. The summed E-state index contributed by atoms with van der Waals surface area (Å²) in [7, 11) is 0. The number of carbonyl (C=O) groups excluding carboxylic acids is 3. The number of carbonyl (C=O) groups is 3. The molecule has 2 fully saturated rings. The molecule has 1 N–H and O–H groups in total. The lowest BCUT2D eigenvalue weighted by Gasteiger charge is -2.15. The summed E-state index contributed by atoms with van der Waals surface area (Å²) in [4.78, 5) is 38.0. The fourth-order valence-corrected chi connectivity index (χ4v) is 2.95. The quantitative estimate of drug-likeness (QED) is 0.308. The van der Waals surface area contributed by atoms with Crippen LogP contribution in [0.3, 0.4) is 0 Å². The van der Waals surface area contributed by atoms with Gasteiger partial charge in [-0.1, -0.05) is 6.08 Å². The number of hydrogen-bond acceptors (Lipinski definition) is 5. The Bertz CT molecular complexity index is 515. The Kier molecular flexibility index (Phi) is 9.13. The summed E-state index contributed by atoms with van der Waals surface area (Å²) in [6.07, 6.45) is 6.96. The van der Waals surface area contributed by atoms with E-state index in [0.29, 0.717) is 52.1 Å². The first-order valence-corrected chi connectivity index (χ1v) is 9.32. The number of ether oxygens (including phenoxy) is 2. The molecule has 2 aliphatic rings. The molecular weight excluding hydrogens is 338 g/mol. The van der Waals surface area contributed by atoms with Crippen molar-refractivity contribution in [2.45, 2.75) is 32.1 Å². The van der Waals surface area contributed by atoms with Gasteiger partial charge in [-0.15, -0.1) is 0 Å². The number of rotatable bonds is 12. The maximum absolute atomic E-state index is 11.6. The molecule has 2 heterocycles. The minimum Gasteiger partial charge on any atom is -0.355 e. The van der Waals surface area contributed by atoms with E-state index in [9.17, 15) is 14.4 Å². The Morgan fingerprint density at radius 3 is 2.35 bits per heavy atom. The van der Waals surface area contributed by atoms with Gasteiger partial charge in [0, 0.05) is 47.0 Å². The Balaban J connectivity index is 0.00000364. The standard InChI is InChI=1S/C18H29N3O5.H2/c22-16(19-8-11-20-9-3-6-17(20)23)5-1-2-13-25-15-26-14-12-21-10-4-7-18(21)24;/h1,5H,2-4,6-15H2,(H,19,22);1H/b5-1-;. The summed E-state index contributed by atoms with van der Waals surface area (Å²) in [5, 5.41) is 2.76. The number of nitrogens with zero attached hydrogens (tertiary/aromatic N) is 2. The van der Waals surface area contributed by atoms with Gasteiger partial charge in [-0.05, 0) is 25.3 Å². The van der Waals surface area contributed by atoms with Crippen molar-refractivity contribution in [1.29, 1.82) is 0 Å². The highest BCUT2D eigenvalue weighted by Gasteiger charge is 2.19. The normalized spacial score (nSPS) is 17.7. The van der Waals surface area contributed by atoms with Gasteiger partial charge in [0.05, 0.1) is 13.2 Å². The summed E-state index contributed by atoms with van der Waals surface area (Å²) in [5.41, 5.74) is 0. The molecule has 0 saturated carbocycles. The highest BCUT2D eigenvalue weighted by atomic mass is 16.7. The van der Waals surface area contributed by atoms with Gasteiger partial charge in [0.15, 0.2) is 0 Å². The molecule has 0 spiro atoms. The molecule has 0 atom stereocenters. The maximum atomic E-state index is 11.6. The highest BCUT2D eigenvalue weighted by molar-refractivity contribution is 5.87. The second-order valence-electron chi connectivity index (χ2n) is 6.39. The lowest BCUT2D eigenvalue weighted by Crippen LogP contribution is -2.34. The zero-order valence-corrected chi connectivity index (χ0v) is 15.3. The van der Waals surface area contributed by atoms with E-state index >= 15 is 0 Å². The summed E-state index contributed by atoms with van der Waals surface area (Å²) in [5.74, 6) is 0.203. The van der Waals surface area contributed by atoms with E-state index in [0.717, 1.165) is 25.9 Å². The summed E-state index contributed by atoms with van der Waals surface area (Å²) >= 11 is 0. The van der Waals surface area contributed by atoms with Crippen molar-refractivity contribution in [2.24, 2.45) is 0 Å². The van der Waals surface area contributed by atoms with Crippen LogP contribution in [-0.4, -0.2) is 80.3 Å². The van der Waals surface area contributed by atoms with Crippen molar-refractivity contribution >= 4 is 17.7 Å². The molecule has 0 aliphatic carbocycles. The second-order valence-corrected chi connectivity index (χ2v) is 6.39. The van der Waals surface area contributed by atoms with Gasteiger partial charge < -0.3 is 24.6 Å². The van der Waals surface area contributed by atoms with E-state index in [1.165, 1.54) is 6.08 Å². The van der Waals surface area contributed by atoms with Gasteiger partial charge in [-0.25, -0.2) is 0 Å². The molecule has 8 heteroatoms. The number of hydrogen-bond donors (Lipinski definition) is 1. The van der Waals surface area contributed by atoms with Gasteiger partial charge >= 0.3 is 0 Å². The fourth-order valence-electron chi connectivity index (χ4n) is 2.95. The van der Waals surface area contributed by atoms with E-state index < -0.39 is 0 Å².